The number of aromatic nitrogens is 4. The van der Waals surface area contributed by atoms with Crippen LogP contribution < -0.4 is 4.90 Å². The number of piperidine rings is 1. The number of nitrogens with zero attached hydrogens (tertiary/aromatic N) is 6. The van der Waals surface area contributed by atoms with Crippen LogP contribution >= 0.6 is 0 Å². The first kappa shape index (κ1) is 13.5. The first-order chi connectivity index (χ1) is 10.2. The molecule has 0 N–H and O–H groups in total. The molecular formula is C13H16N6O2. The highest BCUT2D eigenvalue weighted by atomic mass is 16.6. The van der Waals surface area contributed by atoms with Gasteiger partial charge in [-0.05, 0) is 48.7 Å². The monoisotopic (exact) mass is 288 g/mol. The molecule has 1 aliphatic heterocycles. The van der Waals surface area contributed by atoms with Crippen molar-refractivity contribution >= 4 is 11.4 Å². The molecule has 8 heteroatoms. The number of anilines is 1. The van der Waals surface area contributed by atoms with Crippen molar-refractivity contribution in [2.45, 2.75) is 32.2 Å². The Labute approximate surface area is 121 Å². The molecule has 1 aromatic heterocycles. The molecule has 3 rings (SSSR count). The third kappa shape index (κ3) is 2.56. The lowest BCUT2D eigenvalue weighted by Crippen LogP contribution is -2.37. The Kier molecular flexibility index (Phi) is 3.51. The van der Waals surface area contributed by atoms with Crippen LogP contribution in [0.3, 0.4) is 0 Å². The van der Waals surface area contributed by atoms with E-state index >= 15 is 0 Å². The number of hydrogen-bond donors (Lipinski definition) is 0. The largest absolute Gasteiger partial charge is 0.363 e. The van der Waals surface area contributed by atoms with E-state index in [9.17, 15) is 10.1 Å². The minimum atomic E-state index is -0.343. The van der Waals surface area contributed by atoms with Gasteiger partial charge in [-0.1, -0.05) is 0 Å². The topological polar surface area (TPSA) is 90.0 Å². The van der Waals surface area contributed by atoms with Crippen LogP contribution in [0.1, 0.15) is 26.2 Å². The van der Waals surface area contributed by atoms with Crippen molar-refractivity contribution in [2.75, 3.05) is 11.4 Å². The van der Waals surface area contributed by atoms with Crippen molar-refractivity contribution < 1.29 is 4.92 Å². The Hall–Kier alpha value is -2.51. The summed E-state index contributed by atoms with van der Waals surface area (Å²) in [6.45, 7) is 2.96. The normalized spacial score (nSPS) is 18.7. The van der Waals surface area contributed by atoms with Gasteiger partial charge in [0.2, 0.25) is 0 Å². The van der Waals surface area contributed by atoms with E-state index < -0.39 is 0 Å². The van der Waals surface area contributed by atoms with Gasteiger partial charge < -0.3 is 4.90 Å². The van der Waals surface area contributed by atoms with Crippen LogP contribution in [0, 0.1) is 10.1 Å². The van der Waals surface area contributed by atoms with Gasteiger partial charge in [0, 0.05) is 18.7 Å². The number of hydrogen-bond acceptors (Lipinski definition) is 6. The second-order valence-electron chi connectivity index (χ2n) is 5.22. The van der Waals surface area contributed by atoms with E-state index in [0.717, 1.165) is 19.4 Å². The molecule has 8 nitrogen and oxygen atoms in total. The Morgan fingerprint density at radius 1 is 1.38 bits per heavy atom. The van der Waals surface area contributed by atoms with Crippen LogP contribution in [-0.2, 0) is 0 Å². The van der Waals surface area contributed by atoms with E-state index in [1.54, 1.807) is 12.1 Å². The van der Waals surface area contributed by atoms with E-state index in [1.165, 1.54) is 23.5 Å². The fourth-order valence-electron chi connectivity index (χ4n) is 2.78. The molecule has 0 saturated carbocycles. The highest BCUT2D eigenvalue weighted by Gasteiger charge is 2.26. The zero-order valence-corrected chi connectivity index (χ0v) is 11.7. The second-order valence-corrected chi connectivity index (χ2v) is 5.22. The molecule has 21 heavy (non-hydrogen) atoms. The number of rotatable bonds is 3. The van der Waals surface area contributed by atoms with Gasteiger partial charge in [-0.25, -0.2) is 4.68 Å². The predicted octanol–water partition coefficient (Wildman–Crippen LogP) is 1.95. The number of tetrazole rings is 1. The average Bonchev–Trinajstić information content (AvgIpc) is 3.01. The van der Waals surface area contributed by atoms with Crippen molar-refractivity contribution in [1.29, 1.82) is 0 Å². The third-order valence-corrected chi connectivity index (χ3v) is 3.88. The third-order valence-electron chi connectivity index (χ3n) is 3.88. The maximum atomic E-state index is 11.4. The van der Waals surface area contributed by atoms with Gasteiger partial charge in [0.15, 0.2) is 0 Å². The summed E-state index contributed by atoms with van der Waals surface area (Å²) < 4.78 is 1.41. The van der Waals surface area contributed by atoms with Crippen molar-refractivity contribution in [3.63, 3.8) is 0 Å². The second kappa shape index (κ2) is 5.47. The van der Waals surface area contributed by atoms with E-state index in [4.69, 9.17) is 0 Å². The maximum Gasteiger partial charge on any atom is 0.294 e. The molecular weight excluding hydrogens is 272 g/mol. The Balaban J connectivity index is 2.02. The number of benzene rings is 1. The summed E-state index contributed by atoms with van der Waals surface area (Å²) in [6, 6.07) is 5.43. The lowest BCUT2D eigenvalue weighted by atomic mass is 10.0. The van der Waals surface area contributed by atoms with Crippen molar-refractivity contribution in [2.24, 2.45) is 0 Å². The van der Waals surface area contributed by atoms with Gasteiger partial charge in [-0.2, -0.15) is 0 Å². The van der Waals surface area contributed by atoms with Crippen LogP contribution in [0.2, 0.25) is 0 Å². The van der Waals surface area contributed by atoms with Crippen LogP contribution in [0.25, 0.3) is 5.69 Å². The van der Waals surface area contributed by atoms with Crippen LogP contribution in [0.5, 0.6) is 0 Å². The van der Waals surface area contributed by atoms with Crippen LogP contribution in [-0.4, -0.2) is 37.7 Å². The first-order valence-corrected chi connectivity index (χ1v) is 6.95. The molecule has 0 amide bonds. The molecule has 1 saturated heterocycles. The van der Waals surface area contributed by atoms with Crippen molar-refractivity contribution in [3.05, 3.63) is 34.6 Å². The molecule has 0 unspecified atom stereocenters. The van der Waals surface area contributed by atoms with Gasteiger partial charge in [-0.3, -0.25) is 10.1 Å². The Morgan fingerprint density at radius 3 is 2.90 bits per heavy atom. The highest BCUT2D eigenvalue weighted by Crippen LogP contribution is 2.34. The van der Waals surface area contributed by atoms with Gasteiger partial charge in [0.25, 0.3) is 5.69 Å². The fourth-order valence-corrected chi connectivity index (χ4v) is 2.78. The summed E-state index contributed by atoms with van der Waals surface area (Å²) in [7, 11) is 0. The highest BCUT2D eigenvalue weighted by molar-refractivity contribution is 5.67. The van der Waals surface area contributed by atoms with Crippen LogP contribution in [0.4, 0.5) is 11.4 Å². The lowest BCUT2D eigenvalue weighted by molar-refractivity contribution is -0.384. The summed E-state index contributed by atoms with van der Waals surface area (Å²) in [5, 5.41) is 22.3. The molecule has 2 heterocycles. The molecule has 0 spiro atoms. The SMILES string of the molecule is C[C@H]1CCCCN1c1ccc(-n2cnnn2)cc1[N+](=O)[O-]. The molecule has 2 aromatic rings. The molecule has 1 aromatic carbocycles. The molecule has 1 atom stereocenters. The van der Waals surface area contributed by atoms with E-state index in [0.29, 0.717) is 17.4 Å². The summed E-state index contributed by atoms with van der Waals surface area (Å²) in [5.41, 5.74) is 1.35. The molecule has 1 fully saturated rings. The average molecular weight is 288 g/mol. The standard InChI is InChI=1S/C13H16N6O2/c1-10-4-2-3-7-17(10)12-6-5-11(8-13(12)19(20)21)18-9-14-15-16-18/h5-6,8-10H,2-4,7H2,1H3/t10-/m0/s1. The van der Waals surface area contributed by atoms with E-state index in [2.05, 4.69) is 27.3 Å². The smallest absolute Gasteiger partial charge is 0.294 e. The maximum absolute atomic E-state index is 11.4. The predicted molar refractivity (Wildman–Crippen MR) is 76.5 cm³/mol. The number of nitro groups is 1. The van der Waals surface area contributed by atoms with Crippen molar-refractivity contribution in [1.82, 2.24) is 20.2 Å². The van der Waals surface area contributed by atoms with Crippen molar-refractivity contribution in [3.8, 4) is 5.69 Å². The first-order valence-electron chi connectivity index (χ1n) is 6.95. The van der Waals surface area contributed by atoms with Gasteiger partial charge in [0.05, 0.1) is 10.6 Å². The van der Waals surface area contributed by atoms with Gasteiger partial charge in [0.1, 0.15) is 12.0 Å². The minimum absolute atomic E-state index is 0.0942. The summed E-state index contributed by atoms with van der Waals surface area (Å²) in [5.74, 6) is 0. The minimum Gasteiger partial charge on any atom is -0.363 e. The zero-order chi connectivity index (χ0) is 14.8. The van der Waals surface area contributed by atoms with Gasteiger partial charge in [-0.15, -0.1) is 5.10 Å². The molecule has 110 valence electrons. The summed E-state index contributed by atoms with van der Waals surface area (Å²) >= 11 is 0. The summed E-state index contributed by atoms with van der Waals surface area (Å²) in [6.07, 6.45) is 4.72. The van der Waals surface area contributed by atoms with E-state index in [1.807, 2.05) is 0 Å². The lowest BCUT2D eigenvalue weighted by Gasteiger charge is -2.35. The molecule has 0 aliphatic carbocycles. The Morgan fingerprint density at radius 2 is 2.24 bits per heavy atom. The number of nitro benzene ring substituents is 1. The van der Waals surface area contributed by atoms with Gasteiger partial charge >= 0.3 is 0 Å². The zero-order valence-electron chi connectivity index (χ0n) is 11.7. The fraction of sp³-hybridized carbons (Fsp3) is 0.462. The molecule has 0 radical (unpaired) electrons. The molecule has 0 bridgehead atoms. The quantitative estimate of drug-likeness (QED) is 0.633. The Bertz CT molecular complexity index is 642. The van der Waals surface area contributed by atoms with E-state index in [-0.39, 0.29) is 10.6 Å². The summed E-state index contributed by atoms with van der Waals surface area (Å²) in [4.78, 5) is 13.2. The van der Waals surface area contributed by atoms with Crippen LogP contribution in [0.15, 0.2) is 24.5 Å². The molecule has 1 aliphatic rings.